The average molecular weight is 312 g/mol. The fourth-order valence-electron chi connectivity index (χ4n) is 3.01. The van der Waals surface area contributed by atoms with Crippen LogP contribution in [0.5, 0.6) is 0 Å². The number of hydrogen-bond acceptors (Lipinski definition) is 4. The maximum atomic E-state index is 12.4. The zero-order chi connectivity index (χ0) is 14.9. The van der Waals surface area contributed by atoms with E-state index in [1.807, 2.05) is 0 Å². The molecule has 0 amide bonds. The van der Waals surface area contributed by atoms with Crippen LogP contribution in [0.25, 0.3) is 0 Å². The lowest BCUT2D eigenvalue weighted by Gasteiger charge is -2.12. The van der Waals surface area contributed by atoms with Gasteiger partial charge < -0.3 is 5.32 Å². The van der Waals surface area contributed by atoms with Crippen LogP contribution in [0.15, 0.2) is 11.2 Å². The predicted octanol–water partition coefficient (Wildman–Crippen LogP) is 1.38. The summed E-state index contributed by atoms with van der Waals surface area (Å²) in [6, 6.07) is 0.545. The third-order valence-corrected chi connectivity index (χ3v) is 5.91. The summed E-state index contributed by atoms with van der Waals surface area (Å²) < 4.78 is 27.5. The Bertz CT molecular complexity index is 580. The molecule has 0 spiro atoms. The van der Waals surface area contributed by atoms with Gasteiger partial charge in [-0.25, -0.2) is 13.1 Å². The summed E-state index contributed by atoms with van der Waals surface area (Å²) in [6.45, 7) is 3.31. The predicted molar refractivity (Wildman–Crippen MR) is 80.1 cm³/mol. The van der Waals surface area contributed by atoms with E-state index < -0.39 is 10.0 Å². The van der Waals surface area contributed by atoms with Crippen molar-refractivity contribution >= 4 is 10.0 Å². The van der Waals surface area contributed by atoms with Crippen molar-refractivity contribution in [2.24, 2.45) is 11.8 Å². The van der Waals surface area contributed by atoms with Crippen LogP contribution >= 0.6 is 0 Å². The molecule has 3 rings (SSSR count). The van der Waals surface area contributed by atoms with Crippen molar-refractivity contribution in [1.82, 2.24) is 20.2 Å². The van der Waals surface area contributed by atoms with Gasteiger partial charge in [0.2, 0.25) is 0 Å². The molecule has 0 bridgehead atoms. The lowest BCUT2D eigenvalue weighted by atomic mass is 10.1. The summed E-state index contributed by atoms with van der Waals surface area (Å²) in [5.74, 6) is 1.18. The summed E-state index contributed by atoms with van der Waals surface area (Å²) in [5, 5.41) is 10.1. The van der Waals surface area contributed by atoms with Gasteiger partial charge in [-0.2, -0.15) is 5.10 Å². The molecule has 1 aromatic rings. The zero-order valence-corrected chi connectivity index (χ0v) is 13.2. The van der Waals surface area contributed by atoms with Gasteiger partial charge in [0.15, 0.2) is 5.03 Å². The number of H-pyrrole nitrogens is 1. The minimum absolute atomic E-state index is 0.210. The monoisotopic (exact) mass is 312 g/mol. The largest absolute Gasteiger partial charge is 0.310 e. The molecular formula is C14H24N4O2S. The van der Waals surface area contributed by atoms with Crippen LogP contribution in [0.1, 0.15) is 44.6 Å². The summed E-state index contributed by atoms with van der Waals surface area (Å²) in [4.78, 5) is 0. The molecule has 1 aromatic heterocycles. The van der Waals surface area contributed by atoms with Crippen LogP contribution in [0, 0.1) is 11.8 Å². The van der Waals surface area contributed by atoms with Crippen molar-refractivity contribution in [3.63, 3.8) is 0 Å². The number of sulfonamides is 1. The standard InChI is InChI=1S/C14H24N4O2S/c1-10-2-3-11(6-10)7-17-21(19,20)14-12(9-16-18-14)8-15-13-4-5-13/h9-11,13,15,17H,2-8H2,1H3,(H,16,18). The molecule has 2 unspecified atom stereocenters. The second-order valence-corrected chi connectivity index (χ2v) is 8.22. The first-order chi connectivity index (χ1) is 10.0. The van der Waals surface area contributed by atoms with Gasteiger partial charge in [-0.05, 0) is 37.5 Å². The molecule has 2 aliphatic rings. The maximum Gasteiger partial charge on any atom is 0.257 e. The van der Waals surface area contributed by atoms with Gasteiger partial charge in [0, 0.05) is 24.7 Å². The highest BCUT2D eigenvalue weighted by Crippen LogP contribution is 2.30. The quantitative estimate of drug-likeness (QED) is 0.710. The van der Waals surface area contributed by atoms with Crippen molar-refractivity contribution < 1.29 is 8.42 Å². The normalized spacial score (nSPS) is 26.3. The number of nitrogens with one attached hydrogen (secondary N) is 3. The van der Waals surface area contributed by atoms with Gasteiger partial charge in [-0.3, -0.25) is 5.10 Å². The molecule has 2 atom stereocenters. The third kappa shape index (κ3) is 3.84. The Morgan fingerprint density at radius 3 is 2.81 bits per heavy atom. The number of aromatic amines is 1. The summed E-state index contributed by atoms with van der Waals surface area (Å²) in [5.41, 5.74) is 0.717. The highest BCUT2D eigenvalue weighted by molar-refractivity contribution is 7.89. The Kier molecular flexibility index (Phi) is 4.33. The smallest absolute Gasteiger partial charge is 0.257 e. The van der Waals surface area contributed by atoms with Gasteiger partial charge in [-0.15, -0.1) is 0 Å². The molecular weight excluding hydrogens is 288 g/mol. The fraction of sp³-hybridized carbons (Fsp3) is 0.786. The van der Waals surface area contributed by atoms with Gasteiger partial charge in [0.25, 0.3) is 10.0 Å². The van der Waals surface area contributed by atoms with Crippen molar-refractivity contribution in [3.05, 3.63) is 11.8 Å². The number of hydrogen-bond donors (Lipinski definition) is 3. The van der Waals surface area contributed by atoms with Crippen LogP contribution in [0.3, 0.4) is 0 Å². The highest BCUT2D eigenvalue weighted by Gasteiger charge is 2.27. The minimum Gasteiger partial charge on any atom is -0.310 e. The van der Waals surface area contributed by atoms with Crippen molar-refractivity contribution in [2.75, 3.05) is 6.54 Å². The Labute approximate surface area is 126 Å². The van der Waals surface area contributed by atoms with Crippen LogP contribution in [-0.2, 0) is 16.6 Å². The van der Waals surface area contributed by atoms with Crippen molar-refractivity contribution in [1.29, 1.82) is 0 Å². The first-order valence-electron chi connectivity index (χ1n) is 7.80. The molecule has 0 aromatic carbocycles. The molecule has 2 aliphatic carbocycles. The van der Waals surface area contributed by atoms with E-state index in [1.165, 1.54) is 19.3 Å². The molecule has 0 saturated heterocycles. The van der Waals surface area contributed by atoms with E-state index in [4.69, 9.17) is 0 Å². The van der Waals surface area contributed by atoms with E-state index >= 15 is 0 Å². The Morgan fingerprint density at radius 2 is 2.14 bits per heavy atom. The van der Waals surface area contributed by atoms with E-state index in [1.54, 1.807) is 6.20 Å². The average Bonchev–Trinajstić information content (AvgIpc) is 2.97. The number of nitrogens with zero attached hydrogens (tertiary/aromatic N) is 1. The number of rotatable bonds is 7. The van der Waals surface area contributed by atoms with E-state index in [2.05, 4.69) is 27.2 Å². The van der Waals surface area contributed by atoms with E-state index in [0.29, 0.717) is 36.5 Å². The Balaban J connectivity index is 1.59. The highest BCUT2D eigenvalue weighted by atomic mass is 32.2. The molecule has 7 heteroatoms. The van der Waals surface area contributed by atoms with E-state index in [-0.39, 0.29) is 5.03 Å². The van der Waals surface area contributed by atoms with Gasteiger partial charge in [0.05, 0.1) is 6.20 Å². The lowest BCUT2D eigenvalue weighted by molar-refractivity contribution is 0.497. The SMILES string of the molecule is CC1CCC(CNS(=O)(=O)c2[nH]ncc2CNC2CC2)C1. The van der Waals surface area contributed by atoms with Crippen LogP contribution < -0.4 is 10.0 Å². The third-order valence-electron chi connectivity index (χ3n) is 4.47. The molecule has 2 saturated carbocycles. The molecule has 0 radical (unpaired) electrons. The van der Waals surface area contributed by atoms with Crippen molar-refractivity contribution in [3.8, 4) is 0 Å². The van der Waals surface area contributed by atoms with E-state index in [9.17, 15) is 8.42 Å². The molecule has 6 nitrogen and oxygen atoms in total. The molecule has 2 fully saturated rings. The molecule has 0 aliphatic heterocycles. The first-order valence-corrected chi connectivity index (χ1v) is 9.28. The fourth-order valence-corrected chi connectivity index (χ4v) is 4.25. The Hall–Kier alpha value is -0.920. The van der Waals surface area contributed by atoms with Crippen LogP contribution in [0.4, 0.5) is 0 Å². The lowest BCUT2D eigenvalue weighted by Crippen LogP contribution is -2.30. The molecule has 118 valence electrons. The topological polar surface area (TPSA) is 86.9 Å². The summed E-state index contributed by atoms with van der Waals surface area (Å²) in [7, 11) is -3.49. The first kappa shape index (κ1) is 15.0. The maximum absolute atomic E-state index is 12.4. The second-order valence-electron chi connectivity index (χ2n) is 6.52. The second kappa shape index (κ2) is 6.06. The van der Waals surface area contributed by atoms with Crippen LogP contribution in [-0.4, -0.2) is 31.2 Å². The number of aromatic nitrogens is 2. The van der Waals surface area contributed by atoms with Crippen LogP contribution in [0.2, 0.25) is 0 Å². The van der Waals surface area contributed by atoms with Gasteiger partial charge in [-0.1, -0.05) is 13.3 Å². The molecule has 1 heterocycles. The molecule has 3 N–H and O–H groups in total. The zero-order valence-electron chi connectivity index (χ0n) is 12.4. The summed E-state index contributed by atoms with van der Waals surface area (Å²) in [6.07, 6.45) is 7.38. The van der Waals surface area contributed by atoms with Gasteiger partial charge >= 0.3 is 0 Å². The Morgan fingerprint density at radius 1 is 1.33 bits per heavy atom. The van der Waals surface area contributed by atoms with Crippen molar-refractivity contribution in [2.45, 2.75) is 56.6 Å². The molecule has 21 heavy (non-hydrogen) atoms. The van der Waals surface area contributed by atoms with Gasteiger partial charge in [0.1, 0.15) is 0 Å². The van der Waals surface area contributed by atoms with E-state index in [0.717, 1.165) is 12.8 Å². The summed E-state index contributed by atoms with van der Waals surface area (Å²) >= 11 is 0. The minimum atomic E-state index is -3.49.